The summed E-state index contributed by atoms with van der Waals surface area (Å²) in [5.41, 5.74) is 0.603. The minimum absolute atomic E-state index is 0.263. The highest BCUT2D eigenvalue weighted by molar-refractivity contribution is 5.34. The molecule has 2 aromatic rings. The largest absolute Gasteiger partial charge is 0.491 e. The minimum atomic E-state index is -0.515. The Kier molecular flexibility index (Phi) is 6.04. The molecular formula is C19H24N4O2. The average Bonchev–Trinajstić information content (AvgIpc) is 3.15. The van der Waals surface area contributed by atoms with Crippen molar-refractivity contribution in [2.24, 2.45) is 5.92 Å². The van der Waals surface area contributed by atoms with Gasteiger partial charge >= 0.3 is 0 Å². The number of likely N-dealkylation sites (tertiary alicyclic amines) is 1. The number of rotatable bonds is 7. The Morgan fingerprint density at radius 1 is 1.28 bits per heavy atom. The number of benzene rings is 1. The Morgan fingerprint density at radius 2 is 2.04 bits per heavy atom. The molecule has 1 atom stereocenters. The lowest BCUT2D eigenvalue weighted by molar-refractivity contribution is 0.0534. The maximum Gasteiger partial charge on any atom is 0.119 e. The topological polar surface area (TPSA) is 74.3 Å². The van der Waals surface area contributed by atoms with Crippen LogP contribution in [0.25, 0.3) is 0 Å². The lowest BCUT2D eigenvalue weighted by Crippen LogP contribution is -2.41. The molecule has 6 nitrogen and oxygen atoms in total. The van der Waals surface area contributed by atoms with E-state index in [2.05, 4.69) is 16.1 Å². The summed E-state index contributed by atoms with van der Waals surface area (Å²) in [6.45, 7) is 3.87. The van der Waals surface area contributed by atoms with Crippen molar-refractivity contribution in [1.82, 2.24) is 14.7 Å². The molecule has 6 heteroatoms. The molecule has 0 unspecified atom stereocenters. The summed E-state index contributed by atoms with van der Waals surface area (Å²) in [5.74, 6) is 1.33. The third-order valence-corrected chi connectivity index (χ3v) is 4.61. The van der Waals surface area contributed by atoms with E-state index in [9.17, 15) is 5.11 Å². The summed E-state index contributed by atoms with van der Waals surface area (Å²) in [5, 5.41) is 23.3. The third kappa shape index (κ3) is 5.31. The van der Waals surface area contributed by atoms with Gasteiger partial charge in [0, 0.05) is 25.5 Å². The first-order chi connectivity index (χ1) is 12.2. The molecule has 0 bridgehead atoms. The quantitative estimate of drug-likeness (QED) is 0.833. The minimum Gasteiger partial charge on any atom is -0.491 e. The SMILES string of the molecule is N#Cc1ccc(OC[C@@H](O)CN2CCC(Cn3cccn3)CC2)cc1. The van der Waals surface area contributed by atoms with Crippen LogP contribution < -0.4 is 4.74 Å². The van der Waals surface area contributed by atoms with Gasteiger partial charge in [-0.3, -0.25) is 4.68 Å². The molecular weight excluding hydrogens is 316 g/mol. The smallest absolute Gasteiger partial charge is 0.119 e. The van der Waals surface area contributed by atoms with Gasteiger partial charge in [0.05, 0.1) is 11.6 Å². The Bertz CT molecular complexity index is 670. The molecule has 0 amide bonds. The number of nitrogens with zero attached hydrogens (tertiary/aromatic N) is 4. The fourth-order valence-corrected chi connectivity index (χ4v) is 3.19. The van der Waals surface area contributed by atoms with Gasteiger partial charge in [0.1, 0.15) is 18.5 Å². The van der Waals surface area contributed by atoms with Crippen molar-refractivity contribution in [3.63, 3.8) is 0 Å². The number of aliphatic hydroxyl groups is 1. The fraction of sp³-hybridized carbons (Fsp3) is 0.474. The van der Waals surface area contributed by atoms with Gasteiger partial charge in [-0.1, -0.05) is 0 Å². The molecule has 0 saturated carbocycles. The highest BCUT2D eigenvalue weighted by Gasteiger charge is 2.21. The van der Waals surface area contributed by atoms with Crippen molar-refractivity contribution < 1.29 is 9.84 Å². The van der Waals surface area contributed by atoms with Crippen LogP contribution in [-0.2, 0) is 6.54 Å². The van der Waals surface area contributed by atoms with Gasteiger partial charge in [-0.15, -0.1) is 0 Å². The first kappa shape index (κ1) is 17.5. The molecule has 3 rings (SSSR count). The molecule has 1 aliphatic rings. The molecule has 25 heavy (non-hydrogen) atoms. The van der Waals surface area contributed by atoms with Crippen LogP contribution in [0.5, 0.6) is 5.75 Å². The molecule has 1 aromatic heterocycles. The van der Waals surface area contributed by atoms with Gasteiger partial charge in [-0.05, 0) is 62.2 Å². The summed E-state index contributed by atoms with van der Waals surface area (Å²) in [6.07, 6.45) is 5.57. The maximum atomic E-state index is 10.2. The molecule has 0 spiro atoms. The number of hydrogen-bond donors (Lipinski definition) is 1. The van der Waals surface area contributed by atoms with Gasteiger partial charge in [0.25, 0.3) is 0 Å². The van der Waals surface area contributed by atoms with Crippen LogP contribution >= 0.6 is 0 Å². The predicted molar refractivity (Wildman–Crippen MR) is 94.0 cm³/mol. The Morgan fingerprint density at radius 3 is 2.68 bits per heavy atom. The van der Waals surface area contributed by atoms with E-state index in [1.807, 2.05) is 23.1 Å². The summed E-state index contributed by atoms with van der Waals surface area (Å²) in [4.78, 5) is 2.30. The summed E-state index contributed by atoms with van der Waals surface area (Å²) < 4.78 is 7.60. The van der Waals surface area contributed by atoms with Crippen molar-refractivity contribution in [3.8, 4) is 11.8 Å². The normalized spacial score (nSPS) is 17.1. The van der Waals surface area contributed by atoms with Crippen LogP contribution in [-0.4, -0.2) is 52.1 Å². The van der Waals surface area contributed by atoms with Gasteiger partial charge in [0.2, 0.25) is 0 Å². The lowest BCUT2D eigenvalue weighted by atomic mass is 9.96. The van der Waals surface area contributed by atoms with Crippen LogP contribution in [0.1, 0.15) is 18.4 Å². The lowest BCUT2D eigenvalue weighted by Gasteiger charge is -2.33. The van der Waals surface area contributed by atoms with Gasteiger partial charge in [-0.2, -0.15) is 10.4 Å². The van der Waals surface area contributed by atoms with E-state index in [1.165, 1.54) is 0 Å². The van der Waals surface area contributed by atoms with Gasteiger partial charge in [0.15, 0.2) is 0 Å². The van der Waals surface area contributed by atoms with Crippen molar-refractivity contribution >= 4 is 0 Å². The summed E-state index contributed by atoms with van der Waals surface area (Å²) >= 11 is 0. The second-order valence-electron chi connectivity index (χ2n) is 6.57. The molecule has 0 radical (unpaired) electrons. The summed E-state index contributed by atoms with van der Waals surface area (Å²) in [7, 11) is 0. The number of aromatic nitrogens is 2. The number of β-amino-alcohol motifs (C(OH)–C–C–N with tert-alkyl or cyclic N) is 1. The van der Waals surface area contributed by atoms with Crippen molar-refractivity contribution in [1.29, 1.82) is 5.26 Å². The number of piperidine rings is 1. The first-order valence-electron chi connectivity index (χ1n) is 8.74. The molecule has 0 aliphatic carbocycles. The van der Waals surface area contributed by atoms with E-state index in [-0.39, 0.29) is 6.61 Å². The molecule has 1 saturated heterocycles. The average molecular weight is 340 g/mol. The van der Waals surface area contributed by atoms with Crippen LogP contribution in [0, 0.1) is 17.2 Å². The predicted octanol–water partition coefficient (Wildman–Crippen LogP) is 1.91. The molecule has 1 fully saturated rings. The Hall–Kier alpha value is -2.36. The first-order valence-corrected chi connectivity index (χ1v) is 8.74. The van der Waals surface area contributed by atoms with Crippen LogP contribution in [0.4, 0.5) is 0 Å². The summed E-state index contributed by atoms with van der Waals surface area (Å²) in [6, 6.07) is 11.0. The fourth-order valence-electron chi connectivity index (χ4n) is 3.19. The highest BCUT2D eigenvalue weighted by atomic mass is 16.5. The number of aliphatic hydroxyl groups excluding tert-OH is 1. The monoisotopic (exact) mass is 340 g/mol. The number of nitriles is 1. The standard InChI is InChI=1S/C19H24N4O2/c20-12-16-2-4-19(5-3-16)25-15-18(24)14-22-10-6-17(7-11-22)13-23-9-1-8-21-23/h1-5,8-9,17-18,24H,6-7,10-11,13-15H2/t18-/m0/s1. The van der Waals surface area contributed by atoms with Crippen LogP contribution in [0.2, 0.25) is 0 Å². The molecule has 132 valence electrons. The second-order valence-corrected chi connectivity index (χ2v) is 6.57. The molecule has 1 aromatic carbocycles. The zero-order valence-corrected chi connectivity index (χ0v) is 14.3. The number of ether oxygens (including phenoxy) is 1. The highest BCUT2D eigenvalue weighted by Crippen LogP contribution is 2.19. The third-order valence-electron chi connectivity index (χ3n) is 4.61. The van der Waals surface area contributed by atoms with E-state index in [0.717, 1.165) is 32.5 Å². The van der Waals surface area contributed by atoms with Crippen molar-refractivity contribution in [3.05, 3.63) is 48.3 Å². The van der Waals surface area contributed by atoms with Gasteiger partial charge in [-0.25, -0.2) is 0 Å². The van der Waals surface area contributed by atoms with E-state index >= 15 is 0 Å². The van der Waals surface area contributed by atoms with Crippen LogP contribution in [0.15, 0.2) is 42.7 Å². The van der Waals surface area contributed by atoms with E-state index < -0.39 is 6.10 Å². The molecule has 1 N–H and O–H groups in total. The van der Waals surface area contributed by atoms with Crippen molar-refractivity contribution in [2.45, 2.75) is 25.5 Å². The van der Waals surface area contributed by atoms with E-state index in [0.29, 0.717) is 23.8 Å². The van der Waals surface area contributed by atoms with E-state index in [1.54, 1.807) is 24.3 Å². The van der Waals surface area contributed by atoms with Gasteiger partial charge < -0.3 is 14.7 Å². The van der Waals surface area contributed by atoms with Crippen LogP contribution in [0.3, 0.4) is 0 Å². The molecule has 2 heterocycles. The maximum absolute atomic E-state index is 10.2. The zero-order chi connectivity index (χ0) is 17.5. The zero-order valence-electron chi connectivity index (χ0n) is 14.3. The Balaban J connectivity index is 1.35. The molecule has 1 aliphatic heterocycles. The number of hydrogen-bond acceptors (Lipinski definition) is 5. The second kappa shape index (κ2) is 8.65. The van der Waals surface area contributed by atoms with Crippen molar-refractivity contribution in [2.75, 3.05) is 26.2 Å². The Labute approximate surface area is 148 Å². The van der Waals surface area contributed by atoms with E-state index in [4.69, 9.17) is 10.00 Å².